The quantitative estimate of drug-likeness (QED) is 0.794. The highest BCUT2D eigenvalue weighted by Crippen LogP contribution is 2.26. The number of nitrogens with zero attached hydrogens (tertiary/aromatic N) is 2. The van der Waals surface area contributed by atoms with Crippen LogP contribution in [0.5, 0.6) is 0 Å². The van der Waals surface area contributed by atoms with Crippen LogP contribution in [0.1, 0.15) is 6.42 Å². The fourth-order valence-corrected chi connectivity index (χ4v) is 4.68. The lowest BCUT2D eigenvalue weighted by Crippen LogP contribution is -2.21. The molecule has 122 valence electrons. The minimum Gasteiger partial charge on any atom is -0.366 e. The summed E-state index contributed by atoms with van der Waals surface area (Å²) in [5, 5.41) is 4.22. The Kier molecular flexibility index (Phi) is 3.69. The van der Waals surface area contributed by atoms with E-state index in [0.717, 1.165) is 16.5 Å². The monoisotopic (exact) mass is 339 g/mol. The topological polar surface area (TPSA) is 72.0 Å². The number of para-hydroxylation sites is 1. The van der Waals surface area contributed by atoms with Crippen molar-refractivity contribution in [2.45, 2.75) is 12.5 Å². The Bertz CT molecular complexity index is 988. The third-order valence-electron chi connectivity index (χ3n) is 4.21. The summed E-state index contributed by atoms with van der Waals surface area (Å²) in [5.74, 6) is 1.73. The summed E-state index contributed by atoms with van der Waals surface area (Å²) < 4.78 is 23.4. The van der Waals surface area contributed by atoms with Gasteiger partial charge in [0, 0.05) is 17.0 Å². The van der Waals surface area contributed by atoms with E-state index in [2.05, 4.69) is 15.3 Å². The SMILES string of the molecule is O=S1(=O)CC[C@@H](Nc2nc(-c3ccccc3)nc3ccccc23)C1. The summed E-state index contributed by atoms with van der Waals surface area (Å²) >= 11 is 0. The van der Waals surface area contributed by atoms with Gasteiger partial charge in [0.25, 0.3) is 0 Å². The lowest BCUT2D eigenvalue weighted by atomic mass is 10.1. The lowest BCUT2D eigenvalue weighted by Gasteiger charge is -2.15. The van der Waals surface area contributed by atoms with Crippen molar-refractivity contribution in [2.75, 3.05) is 16.8 Å². The van der Waals surface area contributed by atoms with Crippen LogP contribution in [0, 0.1) is 0 Å². The minimum absolute atomic E-state index is 0.100. The van der Waals surface area contributed by atoms with E-state index in [4.69, 9.17) is 0 Å². The van der Waals surface area contributed by atoms with Gasteiger partial charge in [-0.1, -0.05) is 42.5 Å². The normalized spacial score (nSPS) is 19.4. The molecule has 0 amide bonds. The van der Waals surface area contributed by atoms with Crippen molar-refractivity contribution in [3.8, 4) is 11.4 Å². The zero-order valence-corrected chi connectivity index (χ0v) is 13.8. The molecule has 1 aromatic heterocycles. The highest BCUT2D eigenvalue weighted by atomic mass is 32.2. The molecular formula is C18H17N3O2S. The molecule has 6 heteroatoms. The van der Waals surface area contributed by atoms with Gasteiger partial charge in [0.1, 0.15) is 5.82 Å². The van der Waals surface area contributed by atoms with E-state index in [1.54, 1.807) is 0 Å². The largest absolute Gasteiger partial charge is 0.366 e. The van der Waals surface area contributed by atoms with E-state index in [0.29, 0.717) is 18.1 Å². The first-order valence-corrected chi connectivity index (χ1v) is 9.72. The van der Waals surface area contributed by atoms with Gasteiger partial charge in [-0.2, -0.15) is 0 Å². The summed E-state index contributed by atoms with van der Waals surface area (Å²) in [4.78, 5) is 9.31. The van der Waals surface area contributed by atoms with Gasteiger partial charge in [-0.3, -0.25) is 0 Å². The molecule has 1 atom stereocenters. The summed E-state index contributed by atoms with van der Waals surface area (Å²) in [6.45, 7) is 0. The Morgan fingerprint density at radius 3 is 2.46 bits per heavy atom. The first-order valence-electron chi connectivity index (χ1n) is 7.90. The number of aromatic nitrogens is 2. The molecule has 4 rings (SSSR count). The van der Waals surface area contributed by atoms with Gasteiger partial charge in [0.15, 0.2) is 15.7 Å². The highest BCUT2D eigenvalue weighted by molar-refractivity contribution is 7.91. The van der Waals surface area contributed by atoms with Crippen LogP contribution in [-0.4, -0.2) is 35.9 Å². The maximum atomic E-state index is 11.7. The number of benzene rings is 2. The smallest absolute Gasteiger partial charge is 0.162 e. The lowest BCUT2D eigenvalue weighted by molar-refractivity contribution is 0.602. The van der Waals surface area contributed by atoms with Crippen LogP contribution in [0.3, 0.4) is 0 Å². The second kappa shape index (κ2) is 5.87. The minimum atomic E-state index is -2.94. The third-order valence-corrected chi connectivity index (χ3v) is 5.98. The first kappa shape index (κ1) is 15.1. The molecule has 1 N–H and O–H groups in total. The molecule has 1 aliphatic heterocycles. The molecule has 1 saturated heterocycles. The Labute approximate surface area is 140 Å². The predicted octanol–water partition coefficient (Wildman–Crippen LogP) is 2.90. The molecule has 0 radical (unpaired) electrons. The maximum Gasteiger partial charge on any atom is 0.162 e. The highest BCUT2D eigenvalue weighted by Gasteiger charge is 2.28. The number of sulfone groups is 1. The van der Waals surface area contributed by atoms with E-state index < -0.39 is 9.84 Å². The second-order valence-corrected chi connectivity index (χ2v) is 8.25. The molecule has 24 heavy (non-hydrogen) atoms. The third kappa shape index (κ3) is 2.97. The number of nitrogens with one attached hydrogen (secondary N) is 1. The van der Waals surface area contributed by atoms with Crippen LogP contribution < -0.4 is 5.32 Å². The van der Waals surface area contributed by atoms with Gasteiger partial charge in [-0.05, 0) is 18.6 Å². The van der Waals surface area contributed by atoms with Crippen LogP contribution in [0.2, 0.25) is 0 Å². The number of hydrogen-bond donors (Lipinski definition) is 1. The molecule has 2 heterocycles. The van der Waals surface area contributed by atoms with Crippen molar-refractivity contribution in [1.82, 2.24) is 9.97 Å². The fraction of sp³-hybridized carbons (Fsp3) is 0.222. The van der Waals surface area contributed by atoms with Gasteiger partial charge >= 0.3 is 0 Å². The van der Waals surface area contributed by atoms with Crippen LogP contribution in [0.4, 0.5) is 5.82 Å². The van der Waals surface area contributed by atoms with Crippen LogP contribution in [0.15, 0.2) is 54.6 Å². The van der Waals surface area contributed by atoms with E-state index in [1.165, 1.54) is 0 Å². The molecule has 2 aromatic carbocycles. The van der Waals surface area contributed by atoms with Crippen molar-refractivity contribution in [3.05, 3.63) is 54.6 Å². The van der Waals surface area contributed by atoms with E-state index in [9.17, 15) is 8.42 Å². The fourth-order valence-electron chi connectivity index (χ4n) is 3.01. The first-order chi connectivity index (χ1) is 11.6. The van der Waals surface area contributed by atoms with Crippen molar-refractivity contribution in [2.24, 2.45) is 0 Å². The van der Waals surface area contributed by atoms with Crippen molar-refractivity contribution >= 4 is 26.6 Å². The van der Waals surface area contributed by atoms with Crippen molar-refractivity contribution in [3.63, 3.8) is 0 Å². The Hall–Kier alpha value is -2.47. The van der Waals surface area contributed by atoms with E-state index in [-0.39, 0.29) is 17.5 Å². The van der Waals surface area contributed by atoms with Gasteiger partial charge in [-0.25, -0.2) is 18.4 Å². The van der Waals surface area contributed by atoms with Gasteiger partial charge in [0.2, 0.25) is 0 Å². The average Bonchev–Trinajstić information content (AvgIpc) is 2.94. The zero-order valence-electron chi connectivity index (χ0n) is 13.0. The van der Waals surface area contributed by atoms with Crippen LogP contribution in [-0.2, 0) is 9.84 Å². The summed E-state index contributed by atoms with van der Waals surface area (Å²) in [7, 11) is -2.94. The molecular weight excluding hydrogens is 322 g/mol. The van der Waals surface area contributed by atoms with Gasteiger partial charge in [0.05, 0.1) is 17.0 Å². The Morgan fingerprint density at radius 2 is 1.71 bits per heavy atom. The van der Waals surface area contributed by atoms with Crippen molar-refractivity contribution < 1.29 is 8.42 Å². The molecule has 5 nitrogen and oxygen atoms in total. The number of fused-ring (bicyclic) bond motifs is 1. The zero-order chi connectivity index (χ0) is 16.6. The van der Waals surface area contributed by atoms with Crippen LogP contribution >= 0.6 is 0 Å². The van der Waals surface area contributed by atoms with Gasteiger partial charge in [-0.15, -0.1) is 0 Å². The predicted molar refractivity (Wildman–Crippen MR) is 95.7 cm³/mol. The second-order valence-electron chi connectivity index (χ2n) is 6.02. The van der Waals surface area contributed by atoms with Gasteiger partial charge < -0.3 is 5.32 Å². The summed E-state index contributed by atoms with van der Waals surface area (Å²) in [5.41, 5.74) is 1.78. The molecule has 0 unspecified atom stereocenters. The summed E-state index contributed by atoms with van der Waals surface area (Å²) in [6.07, 6.45) is 0.612. The Balaban J connectivity index is 1.78. The van der Waals surface area contributed by atoms with E-state index >= 15 is 0 Å². The number of rotatable bonds is 3. The molecule has 0 spiro atoms. The molecule has 3 aromatic rings. The Morgan fingerprint density at radius 1 is 0.958 bits per heavy atom. The molecule has 0 bridgehead atoms. The average molecular weight is 339 g/mol. The molecule has 0 aliphatic carbocycles. The summed E-state index contributed by atoms with van der Waals surface area (Å²) in [6, 6.07) is 17.5. The van der Waals surface area contributed by atoms with Crippen LogP contribution in [0.25, 0.3) is 22.3 Å². The van der Waals surface area contributed by atoms with Crippen molar-refractivity contribution in [1.29, 1.82) is 0 Å². The molecule has 0 saturated carbocycles. The molecule has 1 fully saturated rings. The van der Waals surface area contributed by atoms with E-state index in [1.807, 2.05) is 54.6 Å². The maximum absolute atomic E-state index is 11.7. The molecule has 1 aliphatic rings. The number of anilines is 1. The number of hydrogen-bond acceptors (Lipinski definition) is 5. The standard InChI is InChI=1S/C18H17N3O2S/c22-24(23)11-10-14(12-24)19-18-15-8-4-5-9-16(15)20-17(21-18)13-6-2-1-3-7-13/h1-9,14H,10-12H2,(H,19,20,21)/t14-/m1/s1.